The van der Waals surface area contributed by atoms with Gasteiger partial charge >= 0.3 is 0 Å². The van der Waals surface area contributed by atoms with Gasteiger partial charge in [-0.2, -0.15) is 18.2 Å². The van der Waals surface area contributed by atoms with E-state index >= 15 is 0 Å². The predicted molar refractivity (Wildman–Crippen MR) is 108 cm³/mol. The molecule has 3 rings (SSSR count). The minimum absolute atomic E-state index is 0. The molecule has 0 atom stereocenters. The Morgan fingerprint density at radius 3 is 2.31 bits per heavy atom. The molecular weight excluding hydrogens is 510 g/mol. The van der Waals surface area contributed by atoms with Crippen molar-refractivity contribution < 1.29 is 51.0 Å². The predicted octanol–water partition coefficient (Wildman–Crippen LogP) is 4.89. The van der Waals surface area contributed by atoms with Gasteiger partial charge in [0.05, 0.1) is 20.5 Å². The zero-order chi connectivity index (χ0) is 20.5. The van der Waals surface area contributed by atoms with E-state index in [2.05, 4.69) is 11.4 Å². The molecule has 2 N–H and O–H groups in total. The number of halogens is 2. The van der Waals surface area contributed by atoms with E-state index in [4.69, 9.17) is 23.2 Å². The van der Waals surface area contributed by atoms with E-state index in [-0.39, 0.29) is 64.5 Å². The molecule has 0 unspecified atom stereocenters. The van der Waals surface area contributed by atoms with Gasteiger partial charge in [-0.05, 0) is 48.0 Å². The monoisotopic (exact) mass is 523 g/mol. The molecule has 0 aliphatic carbocycles. The normalized spacial score (nSPS) is 10.9. The summed E-state index contributed by atoms with van der Waals surface area (Å²) in [7, 11) is -3.83. The van der Waals surface area contributed by atoms with Crippen molar-refractivity contribution in [1.29, 1.82) is 0 Å². The van der Waals surface area contributed by atoms with Crippen LogP contribution in [0, 0.1) is 13.0 Å². The van der Waals surface area contributed by atoms with E-state index in [0.29, 0.717) is 10.6 Å². The molecule has 0 aliphatic rings. The number of aryl methyl sites for hydroxylation is 1. The number of hydrogen-bond acceptors (Lipinski definition) is 4. The van der Waals surface area contributed by atoms with Crippen LogP contribution in [0.25, 0.3) is 0 Å². The maximum Gasteiger partial charge on any atom is 0.206 e. The molecule has 1 radical (unpaired) electrons. The van der Waals surface area contributed by atoms with Gasteiger partial charge in [-0.25, -0.2) is 8.42 Å². The fourth-order valence-corrected chi connectivity index (χ4v) is 4.06. The molecule has 0 saturated carbocycles. The van der Waals surface area contributed by atoms with Crippen LogP contribution in [-0.4, -0.2) is 19.4 Å². The molecule has 3 aromatic rings. The number of phenolic OH excluding ortho intramolecular Hbond substituents is 1. The summed E-state index contributed by atoms with van der Waals surface area (Å²) in [6.45, 7) is 1.63. The number of sulfone groups is 1. The first-order chi connectivity index (χ1) is 13.2. The fraction of sp³-hybridized carbons (Fsp3) is 0.0500. The number of hydrogen-bond donors (Lipinski definition) is 2. The first-order valence-corrected chi connectivity index (χ1v) is 10.3. The third kappa shape index (κ3) is 5.19. The van der Waals surface area contributed by atoms with Gasteiger partial charge in [-0.1, -0.05) is 30.1 Å². The number of aromatic hydroxyl groups is 1. The number of phenols is 1. The molecule has 0 saturated heterocycles. The Bertz CT molecular complexity index is 1170. The van der Waals surface area contributed by atoms with Crippen molar-refractivity contribution in [3.05, 3.63) is 81.8 Å². The second-order valence-corrected chi connectivity index (χ2v) is 8.75. The third-order valence-corrected chi connectivity index (χ3v) is 6.37. The number of rotatable bonds is 4. The van der Waals surface area contributed by atoms with E-state index in [1.807, 2.05) is 0 Å². The summed E-state index contributed by atoms with van der Waals surface area (Å²) in [6.07, 6.45) is 0. The summed E-state index contributed by atoms with van der Waals surface area (Å²) in [5.41, 5.74) is 0.586. The smallest absolute Gasteiger partial charge is 0.206 e. The van der Waals surface area contributed by atoms with Crippen LogP contribution in [0.3, 0.4) is 0 Å². The van der Waals surface area contributed by atoms with Crippen molar-refractivity contribution in [2.75, 3.05) is 5.32 Å². The van der Waals surface area contributed by atoms with Crippen LogP contribution < -0.4 is 5.32 Å². The van der Waals surface area contributed by atoms with Crippen LogP contribution in [0.4, 0.5) is 5.69 Å². The first-order valence-electron chi connectivity index (χ1n) is 8.01. The van der Waals surface area contributed by atoms with Crippen LogP contribution in [0.2, 0.25) is 10.0 Å². The van der Waals surface area contributed by atoms with E-state index < -0.39 is 15.7 Å². The molecule has 0 spiro atoms. The molecule has 0 aromatic heterocycles. The zero-order valence-corrected chi connectivity index (χ0v) is 20.3. The second-order valence-electron chi connectivity index (χ2n) is 5.95. The Morgan fingerprint density at radius 1 is 1.03 bits per heavy atom. The second kappa shape index (κ2) is 9.58. The molecule has 29 heavy (non-hydrogen) atoms. The van der Waals surface area contributed by atoms with Gasteiger partial charge in [0, 0.05) is 43.5 Å². The third-order valence-electron chi connectivity index (χ3n) is 4.02. The van der Waals surface area contributed by atoms with Crippen molar-refractivity contribution in [1.82, 2.24) is 0 Å². The summed E-state index contributed by atoms with van der Waals surface area (Å²) in [5, 5.41) is 13.1. The van der Waals surface area contributed by atoms with Crippen LogP contribution in [0.15, 0.2) is 64.4 Å². The van der Waals surface area contributed by atoms with Gasteiger partial charge in [-0.3, -0.25) is 4.79 Å². The van der Waals surface area contributed by atoms with E-state index in [9.17, 15) is 18.3 Å². The van der Waals surface area contributed by atoms with Crippen molar-refractivity contribution in [3.8, 4) is 5.75 Å². The molecule has 0 heterocycles. The van der Waals surface area contributed by atoms with Crippen molar-refractivity contribution in [2.24, 2.45) is 0 Å². The number of nitrogens with one attached hydrogen (secondary N) is 1. The molecule has 1 amide bonds. The molecule has 0 bridgehead atoms. The van der Waals surface area contributed by atoms with Crippen LogP contribution in [0.1, 0.15) is 15.9 Å². The standard InChI is InChI=1S/C20H14Cl2NO4S.Y/c1-12-3-2-4-16(19(12)24)20(25)23-18-11-15(9-10-17(18)22)28(26,27)14-7-5-13(21)6-8-14;/h3-11,24H,1H3,(H,23,25);/q-1;. The summed E-state index contributed by atoms with van der Waals surface area (Å²) in [5.74, 6) is -0.822. The molecule has 5 nitrogen and oxygen atoms in total. The van der Waals surface area contributed by atoms with Crippen molar-refractivity contribution >= 4 is 44.6 Å². The first kappa shape index (κ1) is 23.8. The summed E-state index contributed by atoms with van der Waals surface area (Å²) < 4.78 is 25.6. The van der Waals surface area contributed by atoms with Crippen LogP contribution in [0.5, 0.6) is 5.75 Å². The van der Waals surface area contributed by atoms with Gasteiger partial charge in [0.2, 0.25) is 15.7 Å². The van der Waals surface area contributed by atoms with E-state index in [1.165, 1.54) is 48.5 Å². The molecule has 0 fully saturated rings. The summed E-state index contributed by atoms with van der Waals surface area (Å²) in [6, 6.07) is 15.4. The fourth-order valence-electron chi connectivity index (χ4n) is 2.48. The van der Waals surface area contributed by atoms with Gasteiger partial charge < -0.3 is 10.4 Å². The maximum atomic E-state index is 12.8. The number of carbonyl (C=O) groups is 1. The largest absolute Gasteiger partial charge is 0.532 e. The van der Waals surface area contributed by atoms with E-state index in [0.717, 1.165) is 0 Å². The Labute approximate surface area is 203 Å². The van der Waals surface area contributed by atoms with Crippen molar-refractivity contribution in [2.45, 2.75) is 16.7 Å². The van der Waals surface area contributed by atoms with Gasteiger partial charge in [0.1, 0.15) is 0 Å². The number of anilines is 1. The van der Waals surface area contributed by atoms with Crippen LogP contribution >= 0.6 is 23.2 Å². The summed E-state index contributed by atoms with van der Waals surface area (Å²) >= 11 is 11.9. The van der Waals surface area contributed by atoms with Crippen molar-refractivity contribution in [3.63, 3.8) is 0 Å². The average Bonchev–Trinajstić information content (AvgIpc) is 2.66. The Hall–Kier alpha value is -1.44. The molecular formula is C20H14Cl2NO4SY-. The quantitative estimate of drug-likeness (QED) is 0.477. The Kier molecular flexibility index (Phi) is 7.88. The molecule has 147 valence electrons. The number of amides is 1. The van der Waals surface area contributed by atoms with E-state index in [1.54, 1.807) is 13.0 Å². The minimum Gasteiger partial charge on any atom is -0.532 e. The number of benzene rings is 3. The maximum absolute atomic E-state index is 12.8. The SMILES string of the molecule is Cc1c[c-]cc(C(=O)Nc2cc(S(=O)(=O)c3ccc(Cl)cc3)ccc2Cl)c1O.[Y]. The molecule has 0 aliphatic heterocycles. The summed E-state index contributed by atoms with van der Waals surface area (Å²) in [4.78, 5) is 12.5. The van der Waals surface area contributed by atoms with Gasteiger partial charge in [-0.15, -0.1) is 5.56 Å². The Morgan fingerprint density at radius 2 is 1.66 bits per heavy atom. The Balaban J connectivity index is 0.00000300. The topological polar surface area (TPSA) is 83.5 Å². The number of carbonyl (C=O) groups excluding carboxylic acids is 1. The molecule has 9 heteroatoms. The minimum atomic E-state index is -3.83. The average molecular weight is 524 g/mol. The van der Waals surface area contributed by atoms with Gasteiger partial charge in [0.15, 0.2) is 0 Å². The molecule has 3 aromatic carbocycles. The van der Waals surface area contributed by atoms with Gasteiger partial charge in [0.25, 0.3) is 0 Å². The van der Waals surface area contributed by atoms with Crippen LogP contribution in [-0.2, 0) is 42.5 Å². The zero-order valence-electron chi connectivity index (χ0n) is 15.1.